The maximum Gasteiger partial charge on any atom is 0.380 e. The minimum absolute atomic E-state index is 0.701. The molecule has 0 unspecified atom stereocenters. The molecule has 0 aliphatic carbocycles. The van der Waals surface area contributed by atoms with Crippen molar-refractivity contribution in [1.29, 1.82) is 0 Å². The maximum atomic E-state index is 6.13. The fourth-order valence-corrected chi connectivity index (χ4v) is 12.9. The number of unbranched alkanes of at least 4 members (excludes halogenated alkanes) is 2. The fourth-order valence-electron chi connectivity index (χ4n) is 1.09. The molecular weight excluding hydrogens is 310 g/mol. The van der Waals surface area contributed by atoms with Crippen molar-refractivity contribution in [2.45, 2.75) is 51.6 Å². The second-order valence-corrected chi connectivity index (χ2v) is 16.4. The third-order valence-corrected chi connectivity index (χ3v) is 11.2. The highest BCUT2D eigenvalue weighted by molar-refractivity contribution is 7.50. The molecule has 0 rings (SSSR count). The highest BCUT2D eigenvalue weighted by Crippen LogP contribution is 2.34. The van der Waals surface area contributed by atoms with Crippen LogP contribution < -0.4 is 0 Å². The Labute approximate surface area is 113 Å². The first kappa shape index (κ1) is 16.6. The van der Waals surface area contributed by atoms with E-state index in [0.717, 1.165) is 25.7 Å². The molecule has 1 nitrogen and oxygen atoms in total. The molecule has 0 amide bonds. The summed E-state index contributed by atoms with van der Waals surface area (Å²) in [7, 11) is 0. The van der Waals surface area contributed by atoms with Gasteiger partial charge in [0.15, 0.2) is 0 Å². The van der Waals surface area contributed by atoms with Crippen molar-refractivity contribution in [3.8, 4) is 0 Å². The first-order valence-electron chi connectivity index (χ1n) is 5.29. The zero-order chi connectivity index (χ0) is 11.9. The van der Waals surface area contributed by atoms with Gasteiger partial charge in [-0.1, -0.05) is 39.5 Å². The predicted molar refractivity (Wildman–Crippen MR) is 75.4 cm³/mol. The summed E-state index contributed by atoms with van der Waals surface area (Å²) in [5.74, 6) is 0. The van der Waals surface area contributed by atoms with Crippen LogP contribution in [-0.2, 0) is 4.12 Å². The summed E-state index contributed by atoms with van der Waals surface area (Å²) in [4.78, 5) is 0. The number of hydrogen-bond acceptors (Lipinski definition) is 1. The van der Waals surface area contributed by atoms with Gasteiger partial charge in [-0.3, -0.25) is 0 Å². The van der Waals surface area contributed by atoms with Crippen molar-refractivity contribution in [1.82, 2.24) is 0 Å². The quantitative estimate of drug-likeness (QED) is 0.426. The van der Waals surface area contributed by atoms with Gasteiger partial charge in [0.2, 0.25) is 0 Å². The molecule has 0 N–H and O–H groups in total. The van der Waals surface area contributed by atoms with Gasteiger partial charge in [0.05, 0.1) is 0 Å². The van der Waals surface area contributed by atoms with Gasteiger partial charge >= 0.3 is 13.9 Å². The lowest BCUT2D eigenvalue weighted by atomic mass is 10.4. The molecule has 0 heterocycles. The van der Waals surface area contributed by atoms with E-state index < -0.39 is 13.9 Å². The average Bonchev–Trinajstić information content (AvgIpc) is 2.10. The molecule has 7 heteroatoms. The van der Waals surface area contributed by atoms with Crippen molar-refractivity contribution in [2.75, 3.05) is 0 Å². The second kappa shape index (κ2) is 7.80. The SMILES string of the molecule is CCCC[Si](Cl)(Cl)O[Si](Cl)(Cl)CCCC. The van der Waals surface area contributed by atoms with Gasteiger partial charge in [0, 0.05) is 0 Å². The number of halogens is 4. The molecular formula is C8H18Cl4OSi2. The Kier molecular flexibility index (Phi) is 8.61. The van der Waals surface area contributed by atoms with Gasteiger partial charge in [-0.25, -0.2) is 0 Å². The van der Waals surface area contributed by atoms with Crippen LogP contribution in [0.25, 0.3) is 0 Å². The zero-order valence-corrected chi connectivity index (χ0v) is 14.2. The van der Waals surface area contributed by atoms with E-state index in [4.69, 9.17) is 48.4 Å². The first-order chi connectivity index (χ1) is 6.83. The van der Waals surface area contributed by atoms with Gasteiger partial charge < -0.3 is 4.12 Å². The summed E-state index contributed by atoms with van der Waals surface area (Å²) in [6.45, 7) is -1.17. The van der Waals surface area contributed by atoms with E-state index in [0.29, 0.717) is 12.1 Å². The first-order valence-corrected chi connectivity index (χ1v) is 13.6. The summed E-state index contributed by atoms with van der Waals surface area (Å²) in [6.07, 6.45) is 4.02. The van der Waals surface area contributed by atoms with Crippen LogP contribution in [0.4, 0.5) is 0 Å². The normalized spacial score (nSPS) is 13.2. The summed E-state index contributed by atoms with van der Waals surface area (Å²) >= 11 is 24.5. The van der Waals surface area contributed by atoms with Gasteiger partial charge in [-0.2, -0.15) is 0 Å². The van der Waals surface area contributed by atoms with Crippen LogP contribution in [0.5, 0.6) is 0 Å². The van der Waals surface area contributed by atoms with Crippen LogP contribution in [0.3, 0.4) is 0 Å². The number of hydrogen-bond donors (Lipinski definition) is 0. The molecule has 0 aromatic heterocycles. The largest absolute Gasteiger partial charge is 0.410 e. The highest BCUT2D eigenvalue weighted by Gasteiger charge is 2.41. The summed E-state index contributed by atoms with van der Waals surface area (Å²) in [6, 6.07) is 1.40. The Morgan fingerprint density at radius 2 is 1.13 bits per heavy atom. The van der Waals surface area contributed by atoms with Crippen LogP contribution in [0.15, 0.2) is 0 Å². The molecule has 0 spiro atoms. The topological polar surface area (TPSA) is 9.23 Å². The highest BCUT2D eigenvalue weighted by atomic mass is 35.7. The van der Waals surface area contributed by atoms with E-state index in [1.54, 1.807) is 0 Å². The van der Waals surface area contributed by atoms with Crippen LogP contribution >= 0.6 is 44.3 Å². The molecule has 0 aromatic rings. The van der Waals surface area contributed by atoms with Crippen molar-refractivity contribution in [3.05, 3.63) is 0 Å². The molecule has 0 fully saturated rings. The third-order valence-electron chi connectivity index (χ3n) is 1.94. The van der Waals surface area contributed by atoms with Crippen molar-refractivity contribution in [3.63, 3.8) is 0 Å². The van der Waals surface area contributed by atoms with Crippen LogP contribution in [0.1, 0.15) is 39.5 Å². The minimum Gasteiger partial charge on any atom is -0.410 e. The van der Waals surface area contributed by atoms with Gasteiger partial charge in [0.25, 0.3) is 0 Å². The van der Waals surface area contributed by atoms with E-state index >= 15 is 0 Å². The molecule has 92 valence electrons. The fraction of sp³-hybridized carbons (Fsp3) is 1.00. The lowest BCUT2D eigenvalue weighted by molar-refractivity contribution is 0.586. The summed E-state index contributed by atoms with van der Waals surface area (Å²) in [5.41, 5.74) is 0. The summed E-state index contributed by atoms with van der Waals surface area (Å²) < 4.78 is 5.57. The molecule has 0 atom stereocenters. The van der Waals surface area contributed by atoms with E-state index in [1.807, 2.05) is 0 Å². The lowest BCUT2D eigenvalue weighted by Crippen LogP contribution is -2.37. The Morgan fingerprint density at radius 1 is 0.800 bits per heavy atom. The second-order valence-electron chi connectivity index (χ2n) is 3.58. The Morgan fingerprint density at radius 3 is 1.40 bits per heavy atom. The van der Waals surface area contributed by atoms with E-state index in [-0.39, 0.29) is 0 Å². The van der Waals surface area contributed by atoms with Crippen molar-refractivity contribution < 1.29 is 4.12 Å². The minimum atomic E-state index is -2.67. The Hall–Kier alpha value is 1.55. The van der Waals surface area contributed by atoms with Crippen LogP contribution in [-0.4, -0.2) is 13.9 Å². The van der Waals surface area contributed by atoms with E-state index in [1.165, 1.54) is 0 Å². The summed E-state index contributed by atoms with van der Waals surface area (Å²) in [5, 5.41) is 0. The molecule has 0 aliphatic heterocycles. The maximum absolute atomic E-state index is 6.13. The molecule has 0 saturated carbocycles. The predicted octanol–water partition coefficient (Wildman–Crippen LogP) is 5.44. The van der Waals surface area contributed by atoms with Gasteiger partial charge in [-0.15, -0.1) is 44.3 Å². The van der Waals surface area contributed by atoms with Crippen molar-refractivity contribution in [2.24, 2.45) is 0 Å². The van der Waals surface area contributed by atoms with Crippen LogP contribution in [0.2, 0.25) is 12.1 Å². The number of rotatable bonds is 8. The third kappa shape index (κ3) is 9.27. The lowest BCUT2D eigenvalue weighted by Gasteiger charge is -2.25. The monoisotopic (exact) mass is 326 g/mol. The van der Waals surface area contributed by atoms with Crippen LogP contribution in [0, 0.1) is 0 Å². The Bertz CT molecular complexity index is 160. The Balaban J connectivity index is 4.04. The van der Waals surface area contributed by atoms with E-state index in [2.05, 4.69) is 13.8 Å². The molecule has 0 radical (unpaired) electrons. The molecule has 0 aromatic carbocycles. The van der Waals surface area contributed by atoms with Gasteiger partial charge in [0.1, 0.15) is 0 Å². The molecule has 0 bridgehead atoms. The molecule has 0 aliphatic rings. The smallest absolute Gasteiger partial charge is 0.380 e. The molecule has 0 saturated heterocycles. The standard InChI is InChI=1S/C8H18Cl4OSi2/c1-3-5-7-14(9,10)13-15(11,12)8-6-4-2/h3-8H2,1-2H3. The molecule has 15 heavy (non-hydrogen) atoms. The van der Waals surface area contributed by atoms with Gasteiger partial charge in [-0.05, 0) is 12.1 Å². The zero-order valence-electron chi connectivity index (χ0n) is 9.16. The van der Waals surface area contributed by atoms with E-state index in [9.17, 15) is 0 Å². The average molecular weight is 328 g/mol. The van der Waals surface area contributed by atoms with Crippen molar-refractivity contribution >= 4 is 58.2 Å².